The first kappa shape index (κ1) is 16.0. The van der Waals surface area contributed by atoms with E-state index < -0.39 is 16.6 Å². The van der Waals surface area contributed by atoms with Crippen LogP contribution in [0.25, 0.3) is 0 Å². The molecule has 0 radical (unpaired) electrons. The van der Waals surface area contributed by atoms with Crippen molar-refractivity contribution >= 4 is 17.6 Å². The highest BCUT2D eigenvalue weighted by Crippen LogP contribution is 2.19. The Hall–Kier alpha value is -2.42. The average molecular weight is 310 g/mol. The number of hydrogen-bond acceptors (Lipinski definition) is 7. The molecule has 1 fully saturated rings. The van der Waals surface area contributed by atoms with Crippen molar-refractivity contribution in [3.63, 3.8) is 0 Å². The van der Waals surface area contributed by atoms with Crippen molar-refractivity contribution in [1.82, 2.24) is 9.88 Å². The van der Waals surface area contributed by atoms with Gasteiger partial charge >= 0.3 is 11.9 Å². The maximum Gasteiger partial charge on any atom is 0.412 e. The molecule has 120 valence electrons. The van der Waals surface area contributed by atoms with Gasteiger partial charge in [-0.25, -0.2) is 9.86 Å². The molecule has 1 aliphatic rings. The van der Waals surface area contributed by atoms with E-state index in [1.165, 1.54) is 22.2 Å². The molecule has 22 heavy (non-hydrogen) atoms. The van der Waals surface area contributed by atoms with E-state index in [0.29, 0.717) is 18.8 Å². The number of hydroxylamine groups is 1. The van der Waals surface area contributed by atoms with E-state index in [1.807, 2.05) is 0 Å². The van der Waals surface area contributed by atoms with Crippen LogP contribution in [0, 0.1) is 10.1 Å². The van der Waals surface area contributed by atoms with Gasteiger partial charge < -0.3 is 14.9 Å². The molecule has 1 saturated heterocycles. The Balaban J connectivity index is 1.91. The number of aromatic nitrogens is 1. The summed E-state index contributed by atoms with van der Waals surface area (Å²) in [6.07, 6.45) is 0.926. The van der Waals surface area contributed by atoms with Gasteiger partial charge in [0.25, 0.3) is 0 Å². The molecule has 2 heterocycles. The minimum atomic E-state index is -0.564. The summed E-state index contributed by atoms with van der Waals surface area (Å²) in [7, 11) is 0. The van der Waals surface area contributed by atoms with E-state index in [0.717, 1.165) is 0 Å². The molecule has 0 aliphatic carbocycles. The van der Waals surface area contributed by atoms with Crippen molar-refractivity contribution in [2.24, 2.45) is 0 Å². The summed E-state index contributed by atoms with van der Waals surface area (Å²) in [6, 6.07) is 2.85. The van der Waals surface area contributed by atoms with Gasteiger partial charge in [-0.15, -0.1) is 0 Å². The largest absolute Gasteiger partial charge is 0.444 e. The van der Waals surface area contributed by atoms with Gasteiger partial charge in [-0.2, -0.15) is 0 Å². The van der Waals surface area contributed by atoms with Crippen LogP contribution in [-0.2, 0) is 9.57 Å². The molecule has 9 nitrogen and oxygen atoms in total. The van der Waals surface area contributed by atoms with E-state index in [-0.39, 0.29) is 12.5 Å². The summed E-state index contributed by atoms with van der Waals surface area (Å²) in [4.78, 5) is 32.5. The maximum absolute atomic E-state index is 11.9. The van der Waals surface area contributed by atoms with Crippen LogP contribution >= 0.6 is 0 Å². The zero-order chi connectivity index (χ0) is 16.3. The molecular weight excluding hydrogens is 292 g/mol. The van der Waals surface area contributed by atoms with Gasteiger partial charge in [0.1, 0.15) is 11.3 Å². The monoisotopic (exact) mass is 310 g/mol. The number of amides is 1. The highest BCUT2D eigenvalue weighted by atomic mass is 16.7. The van der Waals surface area contributed by atoms with Gasteiger partial charge in [-0.3, -0.25) is 9.74 Å². The summed E-state index contributed by atoms with van der Waals surface area (Å²) in [5, 5.41) is 12.1. The third kappa shape index (κ3) is 4.04. The lowest BCUT2D eigenvalue weighted by Gasteiger charge is -2.35. The minimum Gasteiger partial charge on any atom is -0.444 e. The first-order valence-corrected chi connectivity index (χ1v) is 6.75. The van der Waals surface area contributed by atoms with Crippen molar-refractivity contribution in [3.05, 3.63) is 28.4 Å². The first-order chi connectivity index (χ1) is 10.3. The second kappa shape index (κ2) is 6.14. The lowest BCUT2D eigenvalue weighted by Crippen LogP contribution is -2.48. The van der Waals surface area contributed by atoms with Crippen molar-refractivity contribution in [1.29, 1.82) is 0 Å². The molecule has 1 aliphatic heterocycles. The van der Waals surface area contributed by atoms with E-state index in [4.69, 9.17) is 9.57 Å². The summed E-state index contributed by atoms with van der Waals surface area (Å²) in [6.45, 7) is 6.27. The summed E-state index contributed by atoms with van der Waals surface area (Å²) >= 11 is 0. The van der Waals surface area contributed by atoms with Crippen molar-refractivity contribution in [2.45, 2.75) is 26.4 Å². The normalized spacial score (nSPS) is 15.6. The van der Waals surface area contributed by atoms with Crippen LogP contribution in [0.2, 0.25) is 0 Å². The van der Waals surface area contributed by atoms with Gasteiger partial charge in [0.2, 0.25) is 0 Å². The predicted molar refractivity (Wildman–Crippen MR) is 77.1 cm³/mol. The van der Waals surface area contributed by atoms with Gasteiger partial charge in [0.05, 0.1) is 6.54 Å². The molecule has 0 bridgehead atoms. The molecule has 0 spiro atoms. The lowest BCUT2D eigenvalue weighted by atomic mass is 10.2. The second-order valence-corrected chi connectivity index (χ2v) is 5.74. The Bertz CT molecular complexity index is 547. The summed E-state index contributed by atoms with van der Waals surface area (Å²) in [5.74, 6) is -0.226. The van der Waals surface area contributed by atoms with E-state index >= 15 is 0 Å². The van der Waals surface area contributed by atoms with Gasteiger partial charge in [-0.05, 0) is 36.7 Å². The van der Waals surface area contributed by atoms with Crippen molar-refractivity contribution in [2.75, 3.05) is 24.9 Å². The second-order valence-electron chi connectivity index (χ2n) is 5.74. The highest BCUT2D eigenvalue weighted by molar-refractivity contribution is 5.68. The quantitative estimate of drug-likeness (QED) is 0.608. The third-order valence-electron chi connectivity index (χ3n) is 2.80. The lowest BCUT2D eigenvalue weighted by molar-refractivity contribution is -0.389. The van der Waals surface area contributed by atoms with Crippen LogP contribution in [0.4, 0.5) is 16.3 Å². The van der Waals surface area contributed by atoms with Crippen LogP contribution in [0.15, 0.2) is 18.3 Å². The van der Waals surface area contributed by atoms with Gasteiger partial charge in [0.15, 0.2) is 12.9 Å². The fourth-order valence-electron chi connectivity index (χ4n) is 1.79. The SMILES string of the molecule is CC(C)(C)OC(=O)N1CCN(c2ccc([N+](=O)[O-])nc2)OC1. The first-order valence-electron chi connectivity index (χ1n) is 6.75. The predicted octanol–water partition coefficient (Wildman–Crippen LogP) is 1.94. The van der Waals surface area contributed by atoms with E-state index in [2.05, 4.69) is 4.98 Å². The van der Waals surface area contributed by atoms with Crippen LogP contribution < -0.4 is 5.06 Å². The van der Waals surface area contributed by atoms with Crippen LogP contribution in [0.3, 0.4) is 0 Å². The van der Waals surface area contributed by atoms with Gasteiger partial charge in [-0.1, -0.05) is 0 Å². The maximum atomic E-state index is 11.9. The molecule has 1 aromatic heterocycles. The smallest absolute Gasteiger partial charge is 0.412 e. The molecule has 0 N–H and O–H groups in total. The molecule has 0 saturated carbocycles. The van der Waals surface area contributed by atoms with Crippen LogP contribution in [0.1, 0.15) is 20.8 Å². The fourth-order valence-corrected chi connectivity index (χ4v) is 1.79. The molecular formula is C13H18N4O5. The molecule has 2 rings (SSSR count). The Labute approximate surface area is 127 Å². The van der Waals surface area contributed by atoms with E-state index in [1.54, 1.807) is 26.8 Å². The number of nitrogens with zero attached hydrogens (tertiary/aromatic N) is 4. The Morgan fingerprint density at radius 3 is 2.59 bits per heavy atom. The van der Waals surface area contributed by atoms with Crippen molar-refractivity contribution < 1.29 is 19.3 Å². The van der Waals surface area contributed by atoms with Gasteiger partial charge in [0, 0.05) is 12.6 Å². The van der Waals surface area contributed by atoms with E-state index in [9.17, 15) is 14.9 Å². The zero-order valence-electron chi connectivity index (χ0n) is 12.7. The number of carbonyl (C=O) groups excluding carboxylic acids is 1. The molecule has 1 amide bonds. The number of ether oxygens (including phenoxy) is 1. The number of carbonyl (C=O) groups is 1. The number of pyridine rings is 1. The Kier molecular flexibility index (Phi) is 4.45. The summed E-state index contributed by atoms with van der Waals surface area (Å²) < 4.78 is 5.26. The Morgan fingerprint density at radius 2 is 2.14 bits per heavy atom. The number of nitro groups is 1. The molecule has 9 heteroatoms. The summed E-state index contributed by atoms with van der Waals surface area (Å²) in [5.41, 5.74) is 0.0330. The minimum absolute atomic E-state index is 0.0475. The molecule has 1 aromatic rings. The zero-order valence-corrected chi connectivity index (χ0v) is 12.7. The number of hydrogen-bond donors (Lipinski definition) is 0. The molecule has 0 unspecified atom stereocenters. The Morgan fingerprint density at radius 1 is 1.41 bits per heavy atom. The molecule has 0 aromatic carbocycles. The standard InChI is InChI=1S/C13H18N4O5/c1-13(2,3)22-12(18)15-6-7-16(21-9-15)10-4-5-11(14-8-10)17(19)20/h4-5,8H,6-7,9H2,1-3H3. The van der Waals surface area contributed by atoms with Crippen LogP contribution in [0.5, 0.6) is 0 Å². The van der Waals surface area contributed by atoms with Crippen LogP contribution in [-0.4, -0.2) is 46.3 Å². The highest BCUT2D eigenvalue weighted by Gasteiger charge is 2.27. The third-order valence-corrected chi connectivity index (χ3v) is 2.80. The number of rotatable bonds is 2. The fraction of sp³-hybridized carbons (Fsp3) is 0.538. The molecule has 0 atom stereocenters. The average Bonchev–Trinajstić information content (AvgIpc) is 2.46. The topological polar surface area (TPSA) is 98.0 Å². The number of anilines is 1. The van der Waals surface area contributed by atoms with Crippen molar-refractivity contribution in [3.8, 4) is 0 Å².